The van der Waals surface area contributed by atoms with Gasteiger partial charge in [0.25, 0.3) is 0 Å². The van der Waals surface area contributed by atoms with Crippen molar-refractivity contribution in [1.82, 2.24) is 15.3 Å². The highest BCUT2D eigenvalue weighted by atomic mass is 32.1. The topological polar surface area (TPSA) is 56.3 Å². The van der Waals surface area contributed by atoms with Gasteiger partial charge in [-0.05, 0) is 50.2 Å². The molecule has 0 amide bonds. The quantitative estimate of drug-likeness (QED) is 0.606. The number of hydrogen-bond donors (Lipinski definition) is 2. The van der Waals surface area contributed by atoms with Gasteiger partial charge in [0.15, 0.2) is 5.11 Å². The predicted octanol–water partition coefficient (Wildman–Crippen LogP) is 3.18. The fourth-order valence-corrected chi connectivity index (χ4v) is 3.81. The summed E-state index contributed by atoms with van der Waals surface area (Å²) < 4.78 is 0. The summed E-state index contributed by atoms with van der Waals surface area (Å²) in [6, 6.07) is 2.15. The van der Waals surface area contributed by atoms with Gasteiger partial charge in [0.05, 0.1) is 0 Å². The molecule has 3 heterocycles. The lowest BCUT2D eigenvalue weighted by Crippen LogP contribution is -2.36. The zero-order chi connectivity index (χ0) is 18.4. The summed E-state index contributed by atoms with van der Waals surface area (Å²) in [6.07, 6.45) is 8.04. The number of anilines is 3. The molecule has 0 spiro atoms. The van der Waals surface area contributed by atoms with Gasteiger partial charge in [-0.15, -0.1) is 6.58 Å². The Balaban J connectivity index is 1.83. The van der Waals surface area contributed by atoms with Gasteiger partial charge in [-0.1, -0.05) is 13.0 Å². The third kappa shape index (κ3) is 5.06. The molecule has 26 heavy (non-hydrogen) atoms. The van der Waals surface area contributed by atoms with Crippen molar-refractivity contribution in [2.45, 2.75) is 39.0 Å². The van der Waals surface area contributed by atoms with E-state index in [1.54, 1.807) is 6.08 Å². The van der Waals surface area contributed by atoms with E-state index in [1.165, 1.54) is 32.1 Å². The first-order valence-electron chi connectivity index (χ1n) is 9.70. The molecule has 2 fully saturated rings. The Morgan fingerprint density at radius 1 is 1.19 bits per heavy atom. The van der Waals surface area contributed by atoms with Crippen LogP contribution in [0.2, 0.25) is 0 Å². The molecule has 142 valence electrons. The van der Waals surface area contributed by atoms with Gasteiger partial charge in [0.1, 0.15) is 11.6 Å². The third-order valence-corrected chi connectivity index (χ3v) is 5.24. The van der Waals surface area contributed by atoms with Crippen LogP contribution >= 0.6 is 12.2 Å². The molecule has 7 heteroatoms. The summed E-state index contributed by atoms with van der Waals surface area (Å²) in [5.74, 6) is 3.27. The fourth-order valence-electron chi connectivity index (χ4n) is 3.63. The maximum atomic E-state index is 5.34. The summed E-state index contributed by atoms with van der Waals surface area (Å²) in [5, 5.41) is 6.75. The summed E-state index contributed by atoms with van der Waals surface area (Å²) in [7, 11) is 0. The zero-order valence-electron chi connectivity index (χ0n) is 15.7. The molecule has 2 aliphatic heterocycles. The van der Waals surface area contributed by atoms with Crippen molar-refractivity contribution in [3.8, 4) is 0 Å². The van der Waals surface area contributed by atoms with Crippen molar-refractivity contribution < 1.29 is 0 Å². The van der Waals surface area contributed by atoms with Crippen LogP contribution in [0.4, 0.5) is 17.6 Å². The van der Waals surface area contributed by atoms with E-state index in [9.17, 15) is 0 Å². The molecule has 1 atom stereocenters. The molecule has 2 aliphatic rings. The highest BCUT2D eigenvalue weighted by molar-refractivity contribution is 7.80. The molecule has 2 saturated heterocycles. The van der Waals surface area contributed by atoms with Crippen molar-refractivity contribution in [2.24, 2.45) is 5.92 Å². The van der Waals surface area contributed by atoms with E-state index in [4.69, 9.17) is 22.2 Å². The van der Waals surface area contributed by atoms with E-state index in [2.05, 4.69) is 40.0 Å². The second-order valence-electron chi connectivity index (χ2n) is 7.27. The smallest absolute Gasteiger partial charge is 0.232 e. The fraction of sp³-hybridized carbons (Fsp3) is 0.632. The van der Waals surface area contributed by atoms with Crippen molar-refractivity contribution in [1.29, 1.82) is 0 Å². The predicted molar refractivity (Wildman–Crippen MR) is 113 cm³/mol. The van der Waals surface area contributed by atoms with Crippen molar-refractivity contribution >= 4 is 34.9 Å². The molecule has 3 rings (SSSR count). The van der Waals surface area contributed by atoms with Crippen molar-refractivity contribution in [2.75, 3.05) is 47.8 Å². The van der Waals surface area contributed by atoms with E-state index < -0.39 is 0 Å². The molecule has 0 aromatic carbocycles. The molecule has 6 nitrogen and oxygen atoms in total. The number of piperidine rings is 2. The normalized spacial score (nSPS) is 20.6. The lowest BCUT2D eigenvalue weighted by atomic mass is 10.0. The number of hydrogen-bond acceptors (Lipinski definition) is 5. The summed E-state index contributed by atoms with van der Waals surface area (Å²) >= 11 is 5.34. The molecule has 1 aromatic rings. The highest BCUT2D eigenvalue weighted by Crippen LogP contribution is 2.27. The van der Waals surface area contributed by atoms with E-state index in [-0.39, 0.29) is 0 Å². The Bertz CT molecular complexity index is 628. The molecular weight excluding hydrogens is 344 g/mol. The number of nitrogens with zero attached hydrogens (tertiary/aromatic N) is 4. The maximum Gasteiger partial charge on any atom is 0.232 e. The maximum absolute atomic E-state index is 5.34. The van der Waals surface area contributed by atoms with Gasteiger partial charge >= 0.3 is 0 Å². The lowest BCUT2D eigenvalue weighted by Gasteiger charge is -2.33. The molecule has 1 aromatic heterocycles. The van der Waals surface area contributed by atoms with Gasteiger partial charge in [-0.25, -0.2) is 0 Å². The number of aromatic nitrogens is 2. The SMILES string of the molecule is C=CCNC(=S)Nc1nc(N2CCCCC2)cc(N2CCCC(C)C2)n1. The number of thiocarbonyl (C=S) groups is 1. The van der Waals surface area contributed by atoms with Crippen LogP contribution in [0.3, 0.4) is 0 Å². The minimum atomic E-state index is 0.527. The van der Waals surface area contributed by atoms with Crippen molar-refractivity contribution in [3.05, 3.63) is 18.7 Å². The first-order valence-corrected chi connectivity index (χ1v) is 10.1. The molecule has 0 saturated carbocycles. The standard InChI is InChI=1S/C19H30N6S/c1-3-9-20-19(26)23-18-21-16(24-10-5-4-6-11-24)13-17(22-18)25-12-7-8-15(2)14-25/h3,13,15H,1,4-12,14H2,2H3,(H2,20,21,22,23,26). The molecular formula is C19H30N6S. The second kappa shape index (κ2) is 9.16. The van der Waals surface area contributed by atoms with E-state index >= 15 is 0 Å². The Morgan fingerprint density at radius 2 is 1.88 bits per heavy atom. The molecule has 2 N–H and O–H groups in total. The van der Waals surface area contributed by atoms with Crippen LogP contribution in [0.15, 0.2) is 18.7 Å². The largest absolute Gasteiger partial charge is 0.359 e. The van der Waals surface area contributed by atoms with Gasteiger partial charge in [-0.3, -0.25) is 0 Å². The van der Waals surface area contributed by atoms with Crippen LogP contribution in [-0.4, -0.2) is 47.8 Å². The monoisotopic (exact) mass is 374 g/mol. The minimum Gasteiger partial charge on any atom is -0.359 e. The lowest BCUT2D eigenvalue weighted by molar-refractivity contribution is 0.444. The van der Waals surface area contributed by atoms with Crippen LogP contribution in [0.5, 0.6) is 0 Å². The summed E-state index contributed by atoms with van der Waals surface area (Å²) in [6.45, 7) is 10.9. The Morgan fingerprint density at radius 3 is 2.58 bits per heavy atom. The number of rotatable bonds is 5. The minimum absolute atomic E-state index is 0.527. The average Bonchev–Trinajstić information content (AvgIpc) is 2.67. The molecule has 0 radical (unpaired) electrons. The Kier molecular flexibility index (Phi) is 6.66. The van der Waals surface area contributed by atoms with Crippen LogP contribution in [-0.2, 0) is 0 Å². The molecule has 1 unspecified atom stereocenters. The third-order valence-electron chi connectivity index (χ3n) is 4.99. The Hall–Kier alpha value is -1.89. The molecule has 0 aliphatic carbocycles. The van der Waals surface area contributed by atoms with E-state index in [1.807, 2.05) is 0 Å². The van der Waals surface area contributed by atoms with Crippen molar-refractivity contribution in [3.63, 3.8) is 0 Å². The average molecular weight is 375 g/mol. The van der Waals surface area contributed by atoms with Crippen LogP contribution in [0.25, 0.3) is 0 Å². The highest BCUT2D eigenvalue weighted by Gasteiger charge is 2.21. The summed E-state index contributed by atoms with van der Waals surface area (Å²) in [5.41, 5.74) is 0. The first kappa shape index (κ1) is 18.9. The summed E-state index contributed by atoms with van der Waals surface area (Å²) in [4.78, 5) is 14.3. The van der Waals surface area contributed by atoms with Crippen LogP contribution in [0.1, 0.15) is 39.0 Å². The zero-order valence-corrected chi connectivity index (χ0v) is 16.5. The van der Waals surface area contributed by atoms with Crippen LogP contribution < -0.4 is 20.4 Å². The number of nitrogens with one attached hydrogen (secondary N) is 2. The van der Waals surface area contributed by atoms with Gasteiger partial charge < -0.3 is 20.4 Å². The second-order valence-corrected chi connectivity index (χ2v) is 7.68. The van der Waals surface area contributed by atoms with E-state index in [0.29, 0.717) is 23.5 Å². The van der Waals surface area contributed by atoms with Gasteiger partial charge in [0.2, 0.25) is 5.95 Å². The molecule has 0 bridgehead atoms. The van der Waals surface area contributed by atoms with E-state index in [0.717, 1.165) is 37.8 Å². The Labute approximate surface area is 162 Å². The van der Waals surface area contributed by atoms with Gasteiger partial charge in [-0.2, -0.15) is 9.97 Å². The van der Waals surface area contributed by atoms with Gasteiger partial charge in [0, 0.05) is 38.8 Å². The van der Waals surface area contributed by atoms with Crippen LogP contribution in [0, 0.1) is 5.92 Å². The first-order chi connectivity index (χ1) is 12.7.